The Morgan fingerprint density at radius 2 is 0.807 bits per heavy atom. The fraction of sp³-hybridized carbons (Fsp3) is 0. The number of furan rings is 3. The Balaban J connectivity index is 1.07. The average molecular weight is 732 g/mol. The Hall–Kier alpha value is -7.83. The van der Waals surface area contributed by atoms with Gasteiger partial charge in [0.15, 0.2) is 17.5 Å². The van der Waals surface area contributed by atoms with Gasteiger partial charge in [-0.05, 0) is 59.2 Å². The van der Waals surface area contributed by atoms with Gasteiger partial charge in [0.1, 0.15) is 33.5 Å². The van der Waals surface area contributed by atoms with Crippen molar-refractivity contribution in [3.8, 4) is 56.4 Å². The molecule has 0 aliphatic heterocycles. The molecular weight excluding hydrogens is 703 g/mol. The lowest BCUT2D eigenvalue weighted by molar-refractivity contribution is 0.668. The highest BCUT2D eigenvalue weighted by atomic mass is 16.3. The molecule has 0 aliphatic carbocycles. The summed E-state index contributed by atoms with van der Waals surface area (Å²) in [4.78, 5) is 14.8. The number of para-hydroxylation sites is 3. The lowest BCUT2D eigenvalue weighted by Crippen LogP contribution is -2.00. The van der Waals surface area contributed by atoms with Gasteiger partial charge >= 0.3 is 0 Å². The van der Waals surface area contributed by atoms with E-state index in [1.54, 1.807) is 0 Å². The predicted molar refractivity (Wildman–Crippen MR) is 229 cm³/mol. The minimum Gasteiger partial charge on any atom is -0.456 e. The molecule has 0 spiro atoms. The van der Waals surface area contributed by atoms with Crippen LogP contribution in [0.15, 0.2) is 189 Å². The molecule has 12 aromatic rings. The van der Waals surface area contributed by atoms with Gasteiger partial charge in [-0.2, -0.15) is 0 Å². The lowest BCUT2D eigenvalue weighted by Gasteiger charge is -2.10. The largest absolute Gasteiger partial charge is 0.456 e. The van der Waals surface area contributed by atoms with Crippen LogP contribution in [-0.2, 0) is 0 Å². The van der Waals surface area contributed by atoms with Crippen molar-refractivity contribution < 1.29 is 13.3 Å². The Bertz CT molecular complexity index is 3470. The number of rotatable bonds is 5. The second kappa shape index (κ2) is 12.3. The summed E-state index contributed by atoms with van der Waals surface area (Å²) in [7, 11) is 0. The van der Waals surface area contributed by atoms with Gasteiger partial charge in [0.25, 0.3) is 0 Å². The summed E-state index contributed by atoms with van der Waals surface area (Å²) in [6, 6.07) is 59.7. The molecule has 12 rings (SSSR count). The van der Waals surface area contributed by atoms with Gasteiger partial charge in [-0.3, -0.25) is 0 Å². The van der Waals surface area contributed by atoms with Crippen LogP contribution in [-0.4, -0.2) is 15.0 Å². The molecule has 0 N–H and O–H groups in total. The number of aromatic nitrogens is 3. The molecule has 0 saturated heterocycles. The van der Waals surface area contributed by atoms with Crippen LogP contribution in [0, 0.1) is 0 Å². The molecule has 8 aromatic carbocycles. The zero-order valence-electron chi connectivity index (χ0n) is 30.3. The Labute approximate surface area is 325 Å². The lowest BCUT2D eigenvalue weighted by atomic mass is 9.92. The summed E-state index contributed by atoms with van der Waals surface area (Å²) in [5, 5.41) is 6.28. The molecule has 57 heavy (non-hydrogen) atoms. The van der Waals surface area contributed by atoms with E-state index in [0.717, 1.165) is 105 Å². The fourth-order valence-electron chi connectivity index (χ4n) is 8.32. The minimum absolute atomic E-state index is 0.575. The summed E-state index contributed by atoms with van der Waals surface area (Å²) < 4.78 is 19.8. The molecule has 0 aliphatic rings. The van der Waals surface area contributed by atoms with Crippen molar-refractivity contribution in [3.05, 3.63) is 176 Å². The van der Waals surface area contributed by atoms with E-state index in [4.69, 9.17) is 28.2 Å². The van der Waals surface area contributed by atoms with E-state index in [0.29, 0.717) is 17.5 Å². The van der Waals surface area contributed by atoms with Crippen LogP contribution in [0.2, 0.25) is 0 Å². The molecule has 0 amide bonds. The SMILES string of the molecule is c1ccc(-c2nc(-c3ccccc3)nc(-c3ccc4c(c3)oc3c(-c5cc(-c6cccc7oc8ccccc8c67)cc6oc7ccccc7c56)cccc34)n2)cc1. The molecule has 4 aromatic heterocycles. The van der Waals surface area contributed by atoms with E-state index < -0.39 is 0 Å². The molecule has 0 saturated carbocycles. The first kappa shape index (κ1) is 31.5. The molecule has 0 fully saturated rings. The van der Waals surface area contributed by atoms with Crippen molar-refractivity contribution in [1.29, 1.82) is 0 Å². The third kappa shape index (κ3) is 5.01. The first-order valence-electron chi connectivity index (χ1n) is 18.9. The van der Waals surface area contributed by atoms with Gasteiger partial charge < -0.3 is 13.3 Å². The predicted octanol–water partition coefficient (Wildman–Crippen LogP) is 13.9. The highest BCUT2D eigenvalue weighted by Gasteiger charge is 2.22. The second-order valence-electron chi connectivity index (χ2n) is 14.3. The molecule has 266 valence electrons. The normalized spacial score (nSPS) is 11.9. The monoisotopic (exact) mass is 731 g/mol. The first-order valence-corrected chi connectivity index (χ1v) is 18.9. The average Bonchev–Trinajstić information content (AvgIpc) is 3.97. The zero-order chi connectivity index (χ0) is 37.5. The number of fused-ring (bicyclic) bond motifs is 9. The van der Waals surface area contributed by atoms with E-state index in [1.165, 1.54) is 0 Å². The molecule has 0 bridgehead atoms. The van der Waals surface area contributed by atoms with E-state index in [2.05, 4.69) is 78.9 Å². The Kier molecular flexibility index (Phi) is 6.83. The van der Waals surface area contributed by atoms with Crippen LogP contribution in [0.1, 0.15) is 0 Å². The van der Waals surface area contributed by atoms with E-state index in [1.807, 2.05) is 97.1 Å². The third-order valence-corrected chi connectivity index (χ3v) is 10.9. The molecule has 0 unspecified atom stereocenters. The van der Waals surface area contributed by atoms with Crippen molar-refractivity contribution in [2.45, 2.75) is 0 Å². The fourth-order valence-corrected chi connectivity index (χ4v) is 8.32. The highest BCUT2D eigenvalue weighted by molar-refractivity contribution is 6.20. The molecule has 0 radical (unpaired) electrons. The summed E-state index contributed by atoms with van der Waals surface area (Å²) in [6.45, 7) is 0. The van der Waals surface area contributed by atoms with Gasteiger partial charge in [0, 0.05) is 54.6 Å². The van der Waals surface area contributed by atoms with Crippen LogP contribution in [0.3, 0.4) is 0 Å². The van der Waals surface area contributed by atoms with Crippen LogP contribution in [0.25, 0.3) is 122 Å². The van der Waals surface area contributed by atoms with Crippen LogP contribution < -0.4 is 0 Å². The van der Waals surface area contributed by atoms with E-state index in [9.17, 15) is 0 Å². The van der Waals surface area contributed by atoms with Gasteiger partial charge in [0.2, 0.25) is 0 Å². The smallest absolute Gasteiger partial charge is 0.164 e. The second-order valence-corrected chi connectivity index (χ2v) is 14.3. The van der Waals surface area contributed by atoms with Crippen molar-refractivity contribution in [3.63, 3.8) is 0 Å². The van der Waals surface area contributed by atoms with Gasteiger partial charge in [-0.15, -0.1) is 0 Å². The summed E-state index contributed by atoms with van der Waals surface area (Å²) in [6.07, 6.45) is 0. The Morgan fingerprint density at radius 1 is 0.281 bits per heavy atom. The number of nitrogens with zero attached hydrogens (tertiary/aromatic N) is 3. The van der Waals surface area contributed by atoms with E-state index >= 15 is 0 Å². The van der Waals surface area contributed by atoms with Gasteiger partial charge in [0.05, 0.1) is 0 Å². The molecular formula is C51H29N3O3. The zero-order valence-corrected chi connectivity index (χ0v) is 30.3. The van der Waals surface area contributed by atoms with Gasteiger partial charge in [-0.25, -0.2) is 15.0 Å². The number of hydrogen-bond donors (Lipinski definition) is 0. The van der Waals surface area contributed by atoms with Crippen LogP contribution in [0.4, 0.5) is 0 Å². The standard InChI is InChI=1S/C51H29N3O3/c1-3-13-30(14-4-1)49-52-50(31-15-5-2-6-16-31)54-51(53-49)32-25-26-35-36-20-11-21-37(48(36)57-44(35)28-32)40-27-33(29-45-47(40)39-18-8-10-23-42(39)56-45)34-19-12-24-43-46(34)38-17-7-9-22-41(38)55-43/h1-29H. The molecule has 0 atom stereocenters. The van der Waals surface area contributed by atoms with Crippen molar-refractivity contribution in [2.75, 3.05) is 0 Å². The third-order valence-electron chi connectivity index (χ3n) is 10.9. The summed E-state index contributed by atoms with van der Waals surface area (Å²) in [5.74, 6) is 1.80. The van der Waals surface area contributed by atoms with Crippen molar-refractivity contribution in [1.82, 2.24) is 15.0 Å². The van der Waals surface area contributed by atoms with E-state index in [-0.39, 0.29) is 0 Å². The van der Waals surface area contributed by atoms with Crippen molar-refractivity contribution in [2.24, 2.45) is 0 Å². The molecule has 6 nitrogen and oxygen atoms in total. The summed E-state index contributed by atoms with van der Waals surface area (Å²) in [5.41, 5.74) is 11.7. The van der Waals surface area contributed by atoms with Gasteiger partial charge in [-0.1, -0.05) is 133 Å². The Morgan fingerprint density at radius 3 is 1.51 bits per heavy atom. The number of hydrogen-bond acceptors (Lipinski definition) is 6. The quantitative estimate of drug-likeness (QED) is 0.175. The summed E-state index contributed by atoms with van der Waals surface area (Å²) >= 11 is 0. The first-order chi connectivity index (χ1) is 28.2. The van der Waals surface area contributed by atoms with Crippen LogP contribution >= 0.6 is 0 Å². The van der Waals surface area contributed by atoms with Crippen molar-refractivity contribution >= 4 is 65.8 Å². The molecule has 4 heterocycles. The van der Waals surface area contributed by atoms with Crippen LogP contribution in [0.5, 0.6) is 0 Å². The maximum absolute atomic E-state index is 6.91. The maximum atomic E-state index is 6.91. The maximum Gasteiger partial charge on any atom is 0.164 e. The number of benzene rings is 8. The molecule has 6 heteroatoms. The highest BCUT2D eigenvalue weighted by Crippen LogP contribution is 2.46. The topological polar surface area (TPSA) is 78.1 Å². The minimum atomic E-state index is 0.575.